The largest absolute Gasteiger partial charge is 0.370 e. The maximum absolute atomic E-state index is 12.6. The van der Waals surface area contributed by atoms with E-state index in [4.69, 9.17) is 17.3 Å². The Kier molecular flexibility index (Phi) is 8.43. The number of nitrogens with one attached hydrogen (secondary N) is 2. The van der Waals surface area contributed by atoms with Crippen molar-refractivity contribution in [3.63, 3.8) is 0 Å². The van der Waals surface area contributed by atoms with E-state index in [0.717, 1.165) is 11.1 Å². The number of halogens is 1. The van der Waals surface area contributed by atoms with Crippen LogP contribution in [0.4, 0.5) is 0 Å². The monoisotopic (exact) mass is 413 g/mol. The fourth-order valence-corrected chi connectivity index (χ4v) is 3.04. The minimum atomic E-state index is -0.798. The highest BCUT2D eigenvalue weighted by molar-refractivity contribution is 6.32. The third-order valence-corrected chi connectivity index (χ3v) is 4.56. The highest BCUT2D eigenvalue weighted by Gasteiger charge is 2.20. The van der Waals surface area contributed by atoms with Crippen LogP contribution < -0.4 is 16.4 Å². The number of amides is 3. The van der Waals surface area contributed by atoms with E-state index in [2.05, 4.69) is 10.6 Å². The number of nitrogens with two attached hydrogens (primary N) is 1. The second-order valence-electron chi connectivity index (χ2n) is 6.57. The van der Waals surface area contributed by atoms with Gasteiger partial charge in [-0.15, -0.1) is 0 Å². The fourth-order valence-electron chi connectivity index (χ4n) is 2.76. The van der Waals surface area contributed by atoms with Crippen molar-refractivity contribution in [2.75, 3.05) is 6.54 Å². The van der Waals surface area contributed by atoms with Crippen molar-refractivity contribution < 1.29 is 14.4 Å². The molecule has 2 aromatic carbocycles. The first-order valence-corrected chi connectivity index (χ1v) is 9.58. The van der Waals surface area contributed by atoms with Crippen LogP contribution in [0.1, 0.15) is 24.5 Å². The van der Waals surface area contributed by atoms with Gasteiger partial charge in [0, 0.05) is 30.5 Å². The predicted octanol–water partition coefficient (Wildman–Crippen LogP) is 2.46. The highest BCUT2D eigenvalue weighted by atomic mass is 35.5. The van der Waals surface area contributed by atoms with Crippen molar-refractivity contribution >= 4 is 34.9 Å². The molecule has 1 unspecified atom stereocenters. The third-order valence-electron chi connectivity index (χ3n) is 4.23. The van der Waals surface area contributed by atoms with Crippen molar-refractivity contribution in [3.8, 4) is 0 Å². The molecule has 0 aliphatic rings. The molecule has 1 atom stereocenters. The van der Waals surface area contributed by atoms with Gasteiger partial charge in [0.05, 0.1) is 0 Å². The fraction of sp³-hybridized carbons (Fsp3) is 0.227. The van der Waals surface area contributed by atoms with Gasteiger partial charge in [0.15, 0.2) is 0 Å². The van der Waals surface area contributed by atoms with E-state index in [1.807, 2.05) is 48.5 Å². The lowest BCUT2D eigenvalue weighted by Crippen LogP contribution is -2.48. The molecule has 0 saturated heterocycles. The molecule has 0 fully saturated rings. The Hall–Kier alpha value is -3.12. The van der Waals surface area contributed by atoms with Gasteiger partial charge in [-0.3, -0.25) is 14.4 Å². The normalized spacial score (nSPS) is 12.1. The van der Waals surface area contributed by atoms with Crippen molar-refractivity contribution in [1.29, 1.82) is 0 Å². The molecule has 0 bridgehead atoms. The summed E-state index contributed by atoms with van der Waals surface area (Å²) in [6.07, 6.45) is 1.76. The van der Waals surface area contributed by atoms with Crippen LogP contribution in [-0.4, -0.2) is 30.3 Å². The molecular weight excluding hydrogens is 390 g/mol. The number of carbonyl (C=O) groups excluding carboxylic acids is 3. The molecule has 0 aromatic heterocycles. The van der Waals surface area contributed by atoms with Gasteiger partial charge in [-0.2, -0.15) is 0 Å². The Morgan fingerprint density at radius 3 is 2.38 bits per heavy atom. The first-order chi connectivity index (χ1) is 13.9. The molecule has 7 heteroatoms. The summed E-state index contributed by atoms with van der Waals surface area (Å²) in [4.78, 5) is 36.0. The minimum Gasteiger partial charge on any atom is -0.370 e. The van der Waals surface area contributed by atoms with Crippen LogP contribution in [0, 0.1) is 0 Å². The minimum absolute atomic E-state index is 0.0310. The number of hydrogen-bond acceptors (Lipinski definition) is 3. The Morgan fingerprint density at radius 1 is 1.07 bits per heavy atom. The number of carbonyl (C=O) groups is 3. The smallest absolute Gasteiger partial charge is 0.244 e. The van der Waals surface area contributed by atoms with Gasteiger partial charge < -0.3 is 16.4 Å². The average molecular weight is 414 g/mol. The highest BCUT2D eigenvalue weighted by Crippen LogP contribution is 2.22. The van der Waals surface area contributed by atoms with Gasteiger partial charge in [-0.1, -0.05) is 60.1 Å². The maximum Gasteiger partial charge on any atom is 0.244 e. The second-order valence-corrected chi connectivity index (χ2v) is 6.97. The quantitative estimate of drug-likeness (QED) is 0.550. The first-order valence-electron chi connectivity index (χ1n) is 9.20. The number of allylic oxidation sites excluding steroid dienone is 1. The van der Waals surface area contributed by atoms with Crippen LogP contribution in [0.5, 0.6) is 0 Å². The van der Waals surface area contributed by atoms with E-state index in [0.29, 0.717) is 17.0 Å². The van der Waals surface area contributed by atoms with E-state index in [-0.39, 0.29) is 18.9 Å². The van der Waals surface area contributed by atoms with E-state index >= 15 is 0 Å². The molecule has 0 radical (unpaired) electrons. The molecule has 0 saturated carbocycles. The molecule has 0 heterocycles. The first kappa shape index (κ1) is 22.2. The summed E-state index contributed by atoms with van der Waals surface area (Å²) in [6, 6.07) is 15.8. The Morgan fingerprint density at radius 2 is 1.72 bits per heavy atom. The van der Waals surface area contributed by atoms with Crippen LogP contribution in [0.25, 0.3) is 5.57 Å². The second kappa shape index (κ2) is 11.0. The molecule has 152 valence electrons. The Balaban J connectivity index is 2.11. The van der Waals surface area contributed by atoms with Gasteiger partial charge in [0.1, 0.15) is 6.04 Å². The SMILES string of the molecule is C/C(=C\C(=O)NC(Cc1ccccc1)C(=O)NCCC(N)=O)c1ccccc1Cl. The molecular formula is C22H24ClN3O3. The summed E-state index contributed by atoms with van der Waals surface area (Å²) in [5.74, 6) is -1.30. The van der Waals surface area contributed by atoms with E-state index < -0.39 is 17.9 Å². The van der Waals surface area contributed by atoms with Crippen molar-refractivity contribution in [2.24, 2.45) is 5.73 Å². The molecule has 3 amide bonds. The summed E-state index contributed by atoms with van der Waals surface area (Å²) in [5, 5.41) is 5.92. The third kappa shape index (κ3) is 7.43. The standard InChI is InChI=1S/C22H24ClN3O3/c1-15(17-9-5-6-10-18(17)23)13-21(28)26-19(14-16-7-3-2-4-8-16)22(29)25-12-11-20(24)27/h2-10,13,19H,11-12,14H2,1H3,(H2,24,27)(H,25,29)(H,26,28)/b15-13+. The summed E-state index contributed by atoms with van der Waals surface area (Å²) in [5.41, 5.74) is 7.43. The predicted molar refractivity (Wildman–Crippen MR) is 114 cm³/mol. The molecule has 4 N–H and O–H groups in total. The lowest BCUT2D eigenvalue weighted by molar-refractivity contribution is -0.127. The summed E-state index contributed by atoms with van der Waals surface area (Å²) in [6.45, 7) is 1.89. The summed E-state index contributed by atoms with van der Waals surface area (Å²) < 4.78 is 0. The zero-order valence-corrected chi connectivity index (χ0v) is 16.9. The Labute approximate surface area is 175 Å². The number of benzene rings is 2. The van der Waals surface area contributed by atoms with Crippen LogP contribution in [0.2, 0.25) is 5.02 Å². The molecule has 0 spiro atoms. The molecule has 0 aliphatic carbocycles. The zero-order valence-electron chi connectivity index (χ0n) is 16.2. The molecule has 6 nitrogen and oxygen atoms in total. The maximum atomic E-state index is 12.6. The number of hydrogen-bond donors (Lipinski definition) is 3. The van der Waals surface area contributed by atoms with Gasteiger partial charge >= 0.3 is 0 Å². The number of rotatable bonds is 9. The van der Waals surface area contributed by atoms with Crippen molar-refractivity contribution in [3.05, 3.63) is 76.8 Å². The summed E-state index contributed by atoms with van der Waals surface area (Å²) in [7, 11) is 0. The van der Waals surface area contributed by atoms with E-state index in [1.165, 1.54) is 6.08 Å². The van der Waals surface area contributed by atoms with Crippen LogP contribution in [0.15, 0.2) is 60.7 Å². The van der Waals surface area contributed by atoms with Gasteiger partial charge in [0.2, 0.25) is 17.7 Å². The average Bonchev–Trinajstić information content (AvgIpc) is 2.68. The van der Waals surface area contributed by atoms with E-state index in [9.17, 15) is 14.4 Å². The van der Waals surface area contributed by atoms with Crippen LogP contribution in [-0.2, 0) is 20.8 Å². The zero-order chi connectivity index (χ0) is 21.2. The molecule has 2 aromatic rings. The Bertz CT molecular complexity index is 897. The number of primary amides is 1. The van der Waals surface area contributed by atoms with Gasteiger partial charge in [0.25, 0.3) is 0 Å². The van der Waals surface area contributed by atoms with Crippen molar-refractivity contribution in [2.45, 2.75) is 25.8 Å². The molecule has 29 heavy (non-hydrogen) atoms. The lowest BCUT2D eigenvalue weighted by Gasteiger charge is -2.18. The van der Waals surface area contributed by atoms with Crippen molar-refractivity contribution in [1.82, 2.24) is 10.6 Å². The van der Waals surface area contributed by atoms with Crippen LogP contribution in [0.3, 0.4) is 0 Å². The summed E-state index contributed by atoms with van der Waals surface area (Å²) >= 11 is 6.17. The van der Waals surface area contributed by atoms with Crippen LogP contribution >= 0.6 is 11.6 Å². The molecule has 2 rings (SSSR count). The van der Waals surface area contributed by atoms with Gasteiger partial charge in [-0.25, -0.2) is 0 Å². The van der Waals surface area contributed by atoms with E-state index in [1.54, 1.807) is 13.0 Å². The lowest BCUT2D eigenvalue weighted by atomic mass is 10.0. The topological polar surface area (TPSA) is 101 Å². The molecule has 0 aliphatic heterocycles. The van der Waals surface area contributed by atoms with Gasteiger partial charge in [-0.05, 0) is 29.7 Å².